The van der Waals surface area contributed by atoms with Crippen LogP contribution in [-0.4, -0.2) is 17.1 Å². The highest BCUT2D eigenvalue weighted by Gasteiger charge is 2.20. The van der Waals surface area contributed by atoms with Crippen molar-refractivity contribution in [3.05, 3.63) is 58.2 Å². The minimum Gasteiger partial charge on any atom is -0.482 e. The molecular weight excluding hydrogens is 432 g/mol. The van der Waals surface area contributed by atoms with E-state index < -0.39 is 11.6 Å². The second kappa shape index (κ2) is 9.24. The Morgan fingerprint density at radius 1 is 1.16 bits per heavy atom. The summed E-state index contributed by atoms with van der Waals surface area (Å²) in [5.74, 6) is -0.354. The van der Waals surface area contributed by atoms with Crippen LogP contribution in [0.2, 0.25) is 0 Å². The van der Waals surface area contributed by atoms with Gasteiger partial charge in [0.2, 0.25) is 0 Å². The maximum absolute atomic E-state index is 14.3. The number of anilines is 1. The highest BCUT2D eigenvalue weighted by Crippen LogP contribution is 2.34. The Morgan fingerprint density at radius 3 is 2.72 bits per heavy atom. The number of hydrogen-bond acceptors (Lipinski definition) is 4. The van der Waals surface area contributed by atoms with Crippen LogP contribution >= 0.6 is 11.3 Å². The molecule has 1 atom stereocenters. The van der Waals surface area contributed by atoms with Gasteiger partial charge in [-0.3, -0.25) is 4.79 Å². The standard InChI is InChI=1S/C24H25F2N3O2S/c1-14(2)4-5-15(3)29-21(16-6-9-22-20(10-16)27-23(30)12-31-22)13-32-24(29)28-19-8-7-17(25)11-18(19)26/h6-11,13-15H,4-5,12H2,1-3H3,(H,27,30). The van der Waals surface area contributed by atoms with Gasteiger partial charge in [-0.2, -0.15) is 0 Å². The average Bonchev–Trinajstić information content (AvgIpc) is 3.17. The number of amides is 1. The fraction of sp³-hybridized carbons (Fsp3) is 0.333. The van der Waals surface area contributed by atoms with Crippen LogP contribution in [0, 0.1) is 17.6 Å². The van der Waals surface area contributed by atoms with Gasteiger partial charge in [-0.15, -0.1) is 11.3 Å². The minimum absolute atomic E-state index is 0.00327. The molecule has 1 unspecified atom stereocenters. The van der Waals surface area contributed by atoms with Crippen LogP contribution in [0.5, 0.6) is 5.75 Å². The van der Waals surface area contributed by atoms with Gasteiger partial charge >= 0.3 is 0 Å². The number of halogens is 2. The lowest BCUT2D eigenvalue weighted by molar-refractivity contribution is -0.118. The van der Waals surface area contributed by atoms with Crippen LogP contribution < -0.4 is 14.9 Å². The van der Waals surface area contributed by atoms with Crippen LogP contribution in [0.4, 0.5) is 20.2 Å². The molecule has 0 bridgehead atoms. The molecule has 1 aliphatic heterocycles. The number of thiazole rings is 1. The Labute approximate surface area is 189 Å². The van der Waals surface area contributed by atoms with Gasteiger partial charge in [0.15, 0.2) is 17.2 Å². The van der Waals surface area contributed by atoms with Crippen molar-refractivity contribution in [2.24, 2.45) is 10.9 Å². The summed E-state index contributed by atoms with van der Waals surface area (Å²) < 4.78 is 35.2. The fourth-order valence-corrected chi connectivity index (χ4v) is 4.67. The van der Waals surface area contributed by atoms with E-state index in [0.29, 0.717) is 22.2 Å². The summed E-state index contributed by atoms with van der Waals surface area (Å²) in [4.78, 5) is 16.9. The smallest absolute Gasteiger partial charge is 0.262 e. The van der Waals surface area contributed by atoms with Crippen LogP contribution in [-0.2, 0) is 4.79 Å². The molecule has 32 heavy (non-hydrogen) atoms. The second-order valence-electron chi connectivity index (χ2n) is 8.35. The largest absolute Gasteiger partial charge is 0.482 e. The molecule has 1 aromatic heterocycles. The number of nitrogens with zero attached hydrogens (tertiary/aromatic N) is 2. The van der Waals surface area contributed by atoms with Gasteiger partial charge in [-0.1, -0.05) is 13.8 Å². The normalized spacial score (nSPS) is 14.8. The van der Waals surface area contributed by atoms with E-state index in [0.717, 1.165) is 30.2 Å². The molecule has 0 saturated carbocycles. The monoisotopic (exact) mass is 457 g/mol. The average molecular weight is 458 g/mol. The molecule has 0 aliphatic carbocycles. The Balaban J connectivity index is 1.82. The molecule has 3 aromatic rings. The lowest BCUT2D eigenvalue weighted by atomic mass is 10.0. The van der Waals surface area contributed by atoms with Crippen molar-refractivity contribution in [3.8, 4) is 17.0 Å². The zero-order valence-electron chi connectivity index (χ0n) is 18.2. The number of hydrogen-bond donors (Lipinski definition) is 1. The third-order valence-electron chi connectivity index (χ3n) is 5.38. The molecule has 5 nitrogen and oxygen atoms in total. The second-order valence-corrected chi connectivity index (χ2v) is 9.19. The third kappa shape index (κ3) is 4.75. The summed E-state index contributed by atoms with van der Waals surface area (Å²) in [6, 6.07) is 9.14. The highest BCUT2D eigenvalue weighted by atomic mass is 32.1. The summed E-state index contributed by atoms with van der Waals surface area (Å²) in [5.41, 5.74) is 2.52. The molecular formula is C24H25F2N3O2S. The molecule has 0 radical (unpaired) electrons. The molecule has 2 heterocycles. The van der Waals surface area contributed by atoms with Gasteiger partial charge in [0.05, 0.1) is 11.4 Å². The maximum Gasteiger partial charge on any atom is 0.262 e. The van der Waals surface area contributed by atoms with Crippen molar-refractivity contribution < 1.29 is 18.3 Å². The zero-order chi connectivity index (χ0) is 22.8. The van der Waals surface area contributed by atoms with E-state index in [1.807, 2.05) is 23.6 Å². The van der Waals surface area contributed by atoms with E-state index in [4.69, 9.17) is 4.74 Å². The molecule has 0 fully saturated rings. The van der Waals surface area contributed by atoms with E-state index in [9.17, 15) is 13.6 Å². The van der Waals surface area contributed by atoms with E-state index >= 15 is 0 Å². The van der Waals surface area contributed by atoms with Crippen molar-refractivity contribution in [1.82, 2.24) is 4.57 Å². The van der Waals surface area contributed by atoms with E-state index in [1.165, 1.54) is 23.5 Å². The number of aromatic nitrogens is 1. The fourth-order valence-electron chi connectivity index (χ4n) is 3.66. The molecule has 168 valence electrons. The predicted molar refractivity (Wildman–Crippen MR) is 122 cm³/mol. The van der Waals surface area contributed by atoms with Crippen molar-refractivity contribution in [1.29, 1.82) is 0 Å². The lowest BCUT2D eigenvalue weighted by Crippen LogP contribution is -2.25. The van der Waals surface area contributed by atoms with Crippen LogP contribution in [0.25, 0.3) is 11.3 Å². The van der Waals surface area contributed by atoms with Crippen LogP contribution in [0.15, 0.2) is 46.8 Å². The molecule has 2 aromatic carbocycles. The Bertz CT molecular complexity index is 1220. The first-order chi connectivity index (χ1) is 15.3. The van der Waals surface area contributed by atoms with Crippen LogP contribution in [0.1, 0.15) is 39.7 Å². The van der Waals surface area contributed by atoms with Gasteiger partial charge in [0.1, 0.15) is 17.3 Å². The van der Waals surface area contributed by atoms with Crippen molar-refractivity contribution >= 4 is 28.6 Å². The van der Waals surface area contributed by atoms with E-state index in [1.54, 1.807) is 0 Å². The van der Waals surface area contributed by atoms with Gasteiger partial charge in [-0.05, 0) is 56.0 Å². The predicted octanol–water partition coefficient (Wildman–Crippen LogP) is 6.06. The van der Waals surface area contributed by atoms with E-state index in [-0.39, 0.29) is 24.2 Å². The van der Waals surface area contributed by atoms with Gasteiger partial charge in [-0.25, -0.2) is 13.8 Å². The Morgan fingerprint density at radius 2 is 1.97 bits per heavy atom. The first-order valence-corrected chi connectivity index (χ1v) is 11.5. The minimum atomic E-state index is -0.699. The topological polar surface area (TPSA) is 55.6 Å². The summed E-state index contributed by atoms with van der Waals surface area (Å²) in [7, 11) is 0. The number of carbonyl (C=O) groups is 1. The zero-order valence-corrected chi connectivity index (χ0v) is 19.0. The molecule has 1 aliphatic rings. The number of ether oxygens (including phenoxy) is 1. The summed E-state index contributed by atoms with van der Waals surface area (Å²) in [6.45, 7) is 6.47. The molecule has 1 N–H and O–H groups in total. The molecule has 0 spiro atoms. The number of nitrogens with one attached hydrogen (secondary N) is 1. The Kier molecular flexibility index (Phi) is 6.41. The van der Waals surface area contributed by atoms with Crippen LogP contribution in [0.3, 0.4) is 0 Å². The highest BCUT2D eigenvalue weighted by molar-refractivity contribution is 7.07. The Hall–Kier alpha value is -3.00. The molecule has 4 rings (SSSR count). The van der Waals surface area contributed by atoms with Crippen molar-refractivity contribution in [3.63, 3.8) is 0 Å². The number of fused-ring (bicyclic) bond motifs is 1. The summed E-state index contributed by atoms with van der Waals surface area (Å²) in [5, 5.41) is 4.81. The first-order valence-electron chi connectivity index (χ1n) is 10.6. The van der Waals surface area contributed by atoms with Crippen molar-refractivity contribution in [2.45, 2.75) is 39.7 Å². The third-order valence-corrected chi connectivity index (χ3v) is 6.22. The number of carbonyl (C=O) groups excluding carboxylic acids is 1. The first kappa shape index (κ1) is 22.2. The maximum atomic E-state index is 14.3. The molecule has 1 amide bonds. The molecule has 8 heteroatoms. The van der Waals surface area contributed by atoms with E-state index in [2.05, 4.69) is 35.6 Å². The lowest BCUT2D eigenvalue weighted by Gasteiger charge is -2.21. The summed E-state index contributed by atoms with van der Waals surface area (Å²) >= 11 is 1.40. The SMILES string of the molecule is CC(C)CCC(C)n1c(-c2ccc3c(c2)NC(=O)CO3)csc1=Nc1ccc(F)cc1F. The van der Waals surface area contributed by atoms with Gasteiger partial charge < -0.3 is 14.6 Å². The number of benzene rings is 2. The summed E-state index contributed by atoms with van der Waals surface area (Å²) in [6.07, 6.45) is 1.95. The van der Waals surface area contributed by atoms with Gasteiger partial charge in [0.25, 0.3) is 5.91 Å². The van der Waals surface area contributed by atoms with Crippen molar-refractivity contribution in [2.75, 3.05) is 11.9 Å². The van der Waals surface area contributed by atoms with Gasteiger partial charge in [0, 0.05) is 23.1 Å². The molecule has 0 saturated heterocycles. The number of rotatable bonds is 6. The quantitative estimate of drug-likeness (QED) is 0.490.